The molecule has 0 aromatic carbocycles. The van der Waals surface area contributed by atoms with Crippen LogP contribution in [0.15, 0.2) is 30.7 Å². The van der Waals surface area contributed by atoms with E-state index in [0.29, 0.717) is 12.4 Å². The van der Waals surface area contributed by atoms with Crippen LogP contribution in [0.2, 0.25) is 0 Å². The van der Waals surface area contributed by atoms with Crippen molar-refractivity contribution in [1.82, 2.24) is 14.7 Å². The van der Waals surface area contributed by atoms with E-state index in [-0.39, 0.29) is 5.75 Å². The number of anilines is 1. The monoisotopic (exact) mass is 389 g/mol. The second-order valence-electron chi connectivity index (χ2n) is 6.55. The second-order valence-corrected chi connectivity index (χ2v) is 8.59. The number of pyridine rings is 2. The molecule has 27 heavy (non-hydrogen) atoms. The molecule has 2 aromatic rings. The number of fused-ring (bicyclic) bond motifs is 1. The van der Waals surface area contributed by atoms with E-state index in [1.165, 1.54) is 4.90 Å². The molecule has 3 heterocycles. The predicted molar refractivity (Wildman–Crippen MR) is 104 cm³/mol. The van der Waals surface area contributed by atoms with E-state index in [1.54, 1.807) is 32.4 Å². The van der Waals surface area contributed by atoms with Gasteiger partial charge in [0, 0.05) is 42.3 Å². The van der Waals surface area contributed by atoms with Gasteiger partial charge >= 0.3 is 6.03 Å². The van der Waals surface area contributed by atoms with Crippen molar-refractivity contribution in [3.63, 3.8) is 0 Å². The van der Waals surface area contributed by atoms with Gasteiger partial charge in [-0.2, -0.15) is 0 Å². The number of carbonyl (C=O) groups is 1. The van der Waals surface area contributed by atoms with E-state index >= 15 is 0 Å². The summed E-state index contributed by atoms with van der Waals surface area (Å²) in [7, 11) is -3.31. The highest BCUT2D eigenvalue weighted by Crippen LogP contribution is 2.30. The Morgan fingerprint density at radius 3 is 2.74 bits per heavy atom. The van der Waals surface area contributed by atoms with Crippen LogP contribution in [-0.4, -0.2) is 36.7 Å². The van der Waals surface area contributed by atoms with E-state index < -0.39 is 22.1 Å². The number of aryl methyl sites for hydroxylation is 1. The highest BCUT2D eigenvalue weighted by atomic mass is 32.2. The fourth-order valence-electron chi connectivity index (χ4n) is 3.11. The summed E-state index contributed by atoms with van der Waals surface area (Å²) in [5.41, 5.74) is 8.85. The fraction of sp³-hybridized carbons (Fsp3) is 0.389. The molecule has 3 rings (SSSR count). The van der Waals surface area contributed by atoms with E-state index in [2.05, 4.69) is 14.7 Å². The zero-order chi connectivity index (χ0) is 19.6. The Bertz CT molecular complexity index is 961. The first-order valence-electron chi connectivity index (χ1n) is 8.82. The average molecular weight is 389 g/mol. The Morgan fingerprint density at radius 1 is 1.30 bits per heavy atom. The molecule has 0 saturated heterocycles. The summed E-state index contributed by atoms with van der Waals surface area (Å²) >= 11 is 0. The molecule has 3 N–H and O–H groups in total. The Balaban J connectivity index is 1.91. The molecule has 2 amide bonds. The molecule has 0 unspecified atom stereocenters. The van der Waals surface area contributed by atoms with Crippen molar-refractivity contribution < 1.29 is 13.2 Å². The molecule has 8 nitrogen and oxygen atoms in total. The average Bonchev–Trinajstić information content (AvgIpc) is 2.66. The van der Waals surface area contributed by atoms with Gasteiger partial charge in [-0.05, 0) is 49.9 Å². The van der Waals surface area contributed by atoms with E-state index in [4.69, 9.17) is 5.73 Å². The van der Waals surface area contributed by atoms with Crippen LogP contribution in [0.1, 0.15) is 37.4 Å². The summed E-state index contributed by atoms with van der Waals surface area (Å²) in [4.78, 5) is 21.7. The lowest BCUT2D eigenvalue weighted by Gasteiger charge is -2.27. The third-order valence-electron chi connectivity index (χ3n) is 4.62. The molecular weight excluding hydrogens is 366 g/mol. The summed E-state index contributed by atoms with van der Waals surface area (Å²) in [6, 6.07) is 2.99. The number of primary amides is 1. The number of urea groups is 1. The van der Waals surface area contributed by atoms with Gasteiger partial charge in [-0.15, -0.1) is 0 Å². The molecule has 0 saturated carbocycles. The number of aromatic nitrogens is 2. The molecule has 0 spiro atoms. The number of rotatable bonds is 5. The lowest BCUT2D eigenvalue weighted by molar-refractivity contribution is 0.253. The van der Waals surface area contributed by atoms with Crippen molar-refractivity contribution in [3.05, 3.63) is 41.9 Å². The van der Waals surface area contributed by atoms with Gasteiger partial charge in [-0.25, -0.2) is 22.9 Å². The fourth-order valence-corrected chi connectivity index (χ4v) is 3.95. The minimum absolute atomic E-state index is 0.0234. The van der Waals surface area contributed by atoms with Crippen molar-refractivity contribution in [1.29, 1.82) is 0 Å². The first-order chi connectivity index (χ1) is 12.8. The molecule has 2 aromatic heterocycles. The largest absolute Gasteiger partial charge is 0.351 e. The Hall–Kier alpha value is -2.52. The first-order valence-corrected chi connectivity index (χ1v) is 10.5. The van der Waals surface area contributed by atoms with E-state index in [0.717, 1.165) is 35.1 Å². The van der Waals surface area contributed by atoms with Crippen molar-refractivity contribution in [2.75, 3.05) is 17.2 Å². The SMILES string of the molecule is CCS(=O)(=O)N[C@H](C)c1cncc(-c2cnc3c(c2)CCCN3C(N)=O)c1. The quantitative estimate of drug-likeness (QED) is 0.810. The molecule has 0 bridgehead atoms. The van der Waals surface area contributed by atoms with Crippen molar-refractivity contribution in [3.8, 4) is 11.1 Å². The van der Waals surface area contributed by atoms with Gasteiger partial charge in [0.2, 0.25) is 10.0 Å². The summed E-state index contributed by atoms with van der Waals surface area (Å²) in [5.74, 6) is 0.626. The molecule has 1 atom stereocenters. The van der Waals surface area contributed by atoms with Gasteiger partial charge in [-0.1, -0.05) is 0 Å². The number of sulfonamides is 1. The second kappa shape index (κ2) is 7.61. The van der Waals surface area contributed by atoms with Crippen LogP contribution in [0.4, 0.5) is 10.6 Å². The van der Waals surface area contributed by atoms with Crippen LogP contribution in [0.25, 0.3) is 11.1 Å². The van der Waals surface area contributed by atoms with Crippen LogP contribution in [0, 0.1) is 0 Å². The number of nitrogens with zero attached hydrogens (tertiary/aromatic N) is 3. The zero-order valence-electron chi connectivity index (χ0n) is 15.3. The maximum absolute atomic E-state index is 11.8. The third-order valence-corrected chi connectivity index (χ3v) is 6.09. The molecule has 144 valence electrons. The summed E-state index contributed by atoms with van der Waals surface area (Å²) in [6.45, 7) is 3.95. The van der Waals surface area contributed by atoms with Gasteiger partial charge in [0.05, 0.1) is 5.75 Å². The highest BCUT2D eigenvalue weighted by Gasteiger charge is 2.22. The molecule has 1 aliphatic heterocycles. The Morgan fingerprint density at radius 2 is 2.04 bits per heavy atom. The maximum Gasteiger partial charge on any atom is 0.320 e. The van der Waals surface area contributed by atoms with Crippen LogP contribution in [0.3, 0.4) is 0 Å². The Kier molecular flexibility index (Phi) is 5.43. The van der Waals surface area contributed by atoms with Crippen LogP contribution in [0.5, 0.6) is 0 Å². The predicted octanol–water partition coefficient (Wildman–Crippen LogP) is 1.98. The van der Waals surface area contributed by atoms with Gasteiger partial charge in [0.15, 0.2) is 0 Å². The summed E-state index contributed by atoms with van der Waals surface area (Å²) < 4.78 is 26.2. The smallest absolute Gasteiger partial charge is 0.320 e. The standard InChI is InChI=1S/C18H23N5O3S/c1-3-27(25,26)22-12(2)14-8-15(10-20-9-14)16-7-13-5-4-6-23(18(19)24)17(13)21-11-16/h7-12,22H,3-6H2,1-2H3,(H2,19,24)/t12-/m1/s1. The van der Waals surface area contributed by atoms with Crippen LogP contribution < -0.4 is 15.4 Å². The number of nitrogens with one attached hydrogen (secondary N) is 1. The minimum Gasteiger partial charge on any atom is -0.351 e. The molecular formula is C18H23N5O3S. The van der Waals surface area contributed by atoms with Crippen LogP contribution >= 0.6 is 0 Å². The van der Waals surface area contributed by atoms with Gasteiger partial charge in [0.1, 0.15) is 5.82 Å². The van der Waals surface area contributed by atoms with Crippen LogP contribution in [-0.2, 0) is 16.4 Å². The first kappa shape index (κ1) is 19.2. The Labute approximate surface area is 158 Å². The molecule has 9 heteroatoms. The number of amides is 2. The zero-order valence-corrected chi connectivity index (χ0v) is 16.2. The van der Waals surface area contributed by atoms with E-state index in [9.17, 15) is 13.2 Å². The van der Waals surface area contributed by atoms with Gasteiger partial charge in [0.25, 0.3) is 0 Å². The third kappa shape index (κ3) is 4.25. The topological polar surface area (TPSA) is 118 Å². The van der Waals surface area contributed by atoms with E-state index in [1.807, 2.05) is 12.1 Å². The number of carbonyl (C=O) groups excluding carboxylic acids is 1. The minimum atomic E-state index is -3.31. The normalized spacial score (nSPS) is 15.3. The number of hydrogen-bond donors (Lipinski definition) is 2. The molecule has 0 fully saturated rings. The van der Waals surface area contributed by atoms with Crippen molar-refractivity contribution in [2.24, 2.45) is 5.73 Å². The van der Waals surface area contributed by atoms with Gasteiger partial charge < -0.3 is 5.73 Å². The van der Waals surface area contributed by atoms with Crippen molar-refractivity contribution in [2.45, 2.75) is 32.7 Å². The van der Waals surface area contributed by atoms with Crippen molar-refractivity contribution >= 4 is 21.9 Å². The number of hydrogen-bond acceptors (Lipinski definition) is 5. The summed E-state index contributed by atoms with van der Waals surface area (Å²) in [5, 5.41) is 0. The number of nitrogens with two attached hydrogens (primary N) is 1. The molecule has 0 radical (unpaired) electrons. The lowest BCUT2D eigenvalue weighted by atomic mass is 10.00. The molecule has 1 aliphatic rings. The molecule has 0 aliphatic carbocycles. The summed E-state index contributed by atoms with van der Waals surface area (Å²) in [6.07, 6.45) is 6.69. The lowest BCUT2D eigenvalue weighted by Crippen LogP contribution is -2.40. The maximum atomic E-state index is 11.8. The van der Waals surface area contributed by atoms with Gasteiger partial charge in [-0.3, -0.25) is 9.88 Å². The highest BCUT2D eigenvalue weighted by molar-refractivity contribution is 7.89.